The highest BCUT2D eigenvalue weighted by Gasteiger charge is 2.36. The Morgan fingerprint density at radius 3 is 2.14 bits per heavy atom. The Kier molecular flexibility index (Phi) is 6.62. The van der Waals surface area contributed by atoms with E-state index in [1.807, 2.05) is 71.4 Å². The SMILES string of the molecule is O=C(CN1CCOCC1)N1N=C(c2ccccc2)C[C@H]1c1cn(-c2ccccc2)nc1-c1ccccc1. The lowest BCUT2D eigenvalue weighted by Crippen LogP contribution is -2.43. The summed E-state index contributed by atoms with van der Waals surface area (Å²) >= 11 is 0. The molecule has 7 nitrogen and oxygen atoms in total. The number of hydrogen-bond donors (Lipinski definition) is 0. The van der Waals surface area contributed by atoms with E-state index >= 15 is 0 Å². The number of amides is 1. The number of benzene rings is 3. The fraction of sp³-hybridized carbons (Fsp3) is 0.233. The van der Waals surface area contributed by atoms with Gasteiger partial charge in [-0.2, -0.15) is 10.2 Å². The molecule has 3 aromatic carbocycles. The van der Waals surface area contributed by atoms with E-state index in [0.29, 0.717) is 26.2 Å². The molecular weight excluding hydrogens is 462 g/mol. The van der Waals surface area contributed by atoms with Gasteiger partial charge in [-0.15, -0.1) is 0 Å². The zero-order valence-electron chi connectivity index (χ0n) is 20.6. The molecule has 1 saturated heterocycles. The summed E-state index contributed by atoms with van der Waals surface area (Å²) in [5.41, 5.74) is 5.78. The summed E-state index contributed by atoms with van der Waals surface area (Å²) in [6.45, 7) is 3.12. The maximum Gasteiger partial charge on any atom is 0.257 e. The van der Waals surface area contributed by atoms with Gasteiger partial charge in [0.2, 0.25) is 0 Å². The molecule has 0 radical (unpaired) electrons. The quantitative estimate of drug-likeness (QED) is 0.397. The van der Waals surface area contributed by atoms with Gasteiger partial charge in [-0.05, 0) is 17.7 Å². The third-order valence-corrected chi connectivity index (χ3v) is 6.90. The molecule has 1 fully saturated rings. The molecule has 0 saturated carbocycles. The molecule has 0 aliphatic carbocycles. The van der Waals surface area contributed by atoms with Crippen LogP contribution in [-0.2, 0) is 9.53 Å². The summed E-state index contributed by atoms with van der Waals surface area (Å²) in [5.74, 6) is -0.00990. The zero-order chi connectivity index (χ0) is 25.0. The summed E-state index contributed by atoms with van der Waals surface area (Å²) in [4.78, 5) is 15.9. The average Bonchev–Trinajstić information content (AvgIpc) is 3.61. The van der Waals surface area contributed by atoms with Crippen molar-refractivity contribution in [3.8, 4) is 16.9 Å². The van der Waals surface area contributed by atoms with Gasteiger partial charge in [0, 0.05) is 36.8 Å². The van der Waals surface area contributed by atoms with Gasteiger partial charge in [0.1, 0.15) is 0 Å². The monoisotopic (exact) mass is 491 g/mol. The molecule has 0 unspecified atom stereocenters. The maximum atomic E-state index is 13.7. The Bertz CT molecular complexity index is 1380. The van der Waals surface area contributed by atoms with Crippen molar-refractivity contribution in [1.82, 2.24) is 19.7 Å². The normalized spacial score (nSPS) is 18.1. The molecule has 0 spiro atoms. The van der Waals surface area contributed by atoms with Gasteiger partial charge in [-0.25, -0.2) is 9.69 Å². The molecule has 1 amide bonds. The minimum atomic E-state index is -0.253. The highest BCUT2D eigenvalue weighted by Crippen LogP contribution is 2.38. The third-order valence-electron chi connectivity index (χ3n) is 6.90. The minimum absolute atomic E-state index is 0.00990. The molecule has 7 heteroatoms. The first kappa shape index (κ1) is 23.3. The molecule has 37 heavy (non-hydrogen) atoms. The van der Waals surface area contributed by atoms with E-state index in [0.717, 1.165) is 46.9 Å². The summed E-state index contributed by atoms with van der Waals surface area (Å²) in [7, 11) is 0. The lowest BCUT2D eigenvalue weighted by molar-refractivity contribution is -0.135. The van der Waals surface area contributed by atoms with Crippen LogP contribution in [0.3, 0.4) is 0 Å². The standard InChI is InChI=1S/C30H29N5O2/c36-29(22-33-16-18-37-19-17-33)35-28(20-27(31-35)23-10-4-1-5-11-23)26-21-34(25-14-8-3-9-15-25)32-30(26)24-12-6-2-7-13-24/h1-15,21,28H,16-20,22H2/t28-/m0/s1. The van der Waals surface area contributed by atoms with Gasteiger partial charge in [0.05, 0.1) is 42.9 Å². The molecule has 2 aliphatic heterocycles. The maximum absolute atomic E-state index is 13.7. The van der Waals surface area contributed by atoms with Gasteiger partial charge in [0.15, 0.2) is 0 Å². The van der Waals surface area contributed by atoms with Gasteiger partial charge in [-0.3, -0.25) is 9.69 Å². The Labute approximate surface area is 216 Å². The Hall–Kier alpha value is -4.07. The first-order chi connectivity index (χ1) is 18.3. The van der Waals surface area contributed by atoms with Crippen molar-refractivity contribution in [3.05, 3.63) is 108 Å². The predicted octanol–water partition coefficient (Wildman–Crippen LogP) is 4.55. The van der Waals surface area contributed by atoms with Crippen LogP contribution in [0.15, 0.2) is 102 Å². The van der Waals surface area contributed by atoms with Crippen LogP contribution >= 0.6 is 0 Å². The number of aromatic nitrogens is 2. The highest BCUT2D eigenvalue weighted by molar-refractivity contribution is 6.03. The van der Waals surface area contributed by atoms with E-state index in [4.69, 9.17) is 14.9 Å². The number of ether oxygens (including phenoxy) is 1. The van der Waals surface area contributed by atoms with E-state index < -0.39 is 0 Å². The Morgan fingerprint density at radius 1 is 0.838 bits per heavy atom. The van der Waals surface area contributed by atoms with Crippen LogP contribution < -0.4 is 0 Å². The predicted molar refractivity (Wildman–Crippen MR) is 143 cm³/mol. The molecule has 0 N–H and O–H groups in total. The second kappa shape index (κ2) is 10.5. The van der Waals surface area contributed by atoms with E-state index in [1.54, 1.807) is 5.01 Å². The summed E-state index contributed by atoms with van der Waals surface area (Å²) in [6, 6.07) is 30.1. The number of carbonyl (C=O) groups is 1. The lowest BCUT2D eigenvalue weighted by Gasteiger charge is -2.29. The van der Waals surface area contributed by atoms with Crippen LogP contribution in [0.2, 0.25) is 0 Å². The van der Waals surface area contributed by atoms with Crippen LogP contribution in [-0.4, -0.2) is 64.2 Å². The van der Waals surface area contributed by atoms with Crippen molar-refractivity contribution in [2.45, 2.75) is 12.5 Å². The van der Waals surface area contributed by atoms with E-state index in [-0.39, 0.29) is 11.9 Å². The topological polar surface area (TPSA) is 63.0 Å². The summed E-state index contributed by atoms with van der Waals surface area (Å²) in [5, 5.41) is 11.6. The molecular formula is C30H29N5O2. The lowest BCUT2D eigenvalue weighted by atomic mass is 9.96. The number of nitrogens with zero attached hydrogens (tertiary/aromatic N) is 5. The molecule has 4 aromatic rings. The van der Waals surface area contributed by atoms with Crippen molar-refractivity contribution in [2.24, 2.45) is 5.10 Å². The molecule has 2 aliphatic rings. The third kappa shape index (κ3) is 4.96. The van der Waals surface area contributed by atoms with Crippen molar-refractivity contribution in [1.29, 1.82) is 0 Å². The van der Waals surface area contributed by atoms with E-state index in [9.17, 15) is 4.79 Å². The largest absolute Gasteiger partial charge is 0.379 e. The minimum Gasteiger partial charge on any atom is -0.379 e. The summed E-state index contributed by atoms with van der Waals surface area (Å²) < 4.78 is 7.38. The molecule has 6 rings (SSSR count). The van der Waals surface area contributed by atoms with Crippen LogP contribution in [0.25, 0.3) is 16.9 Å². The van der Waals surface area contributed by atoms with Crippen LogP contribution in [0.4, 0.5) is 0 Å². The number of morpholine rings is 1. The Balaban J connectivity index is 1.41. The highest BCUT2D eigenvalue weighted by atomic mass is 16.5. The number of hydrazone groups is 1. The Morgan fingerprint density at radius 2 is 1.46 bits per heavy atom. The van der Waals surface area contributed by atoms with Crippen molar-refractivity contribution < 1.29 is 9.53 Å². The van der Waals surface area contributed by atoms with Gasteiger partial charge >= 0.3 is 0 Å². The smallest absolute Gasteiger partial charge is 0.257 e. The second-order valence-electron chi connectivity index (χ2n) is 9.34. The molecule has 1 aromatic heterocycles. The number of carbonyl (C=O) groups excluding carboxylic acids is 1. The van der Waals surface area contributed by atoms with Crippen LogP contribution in [0, 0.1) is 0 Å². The number of rotatable bonds is 6. The van der Waals surface area contributed by atoms with Crippen LogP contribution in [0.1, 0.15) is 23.6 Å². The number of hydrogen-bond acceptors (Lipinski definition) is 5. The molecule has 1 atom stereocenters. The van der Waals surface area contributed by atoms with Gasteiger partial charge in [-0.1, -0.05) is 78.9 Å². The molecule has 186 valence electrons. The first-order valence-electron chi connectivity index (χ1n) is 12.7. The molecule has 0 bridgehead atoms. The fourth-order valence-electron chi connectivity index (χ4n) is 4.98. The summed E-state index contributed by atoms with van der Waals surface area (Å²) in [6.07, 6.45) is 2.68. The van der Waals surface area contributed by atoms with Crippen molar-refractivity contribution in [2.75, 3.05) is 32.8 Å². The second-order valence-corrected chi connectivity index (χ2v) is 9.34. The van der Waals surface area contributed by atoms with E-state index in [1.165, 1.54) is 0 Å². The zero-order valence-corrected chi connectivity index (χ0v) is 20.6. The first-order valence-corrected chi connectivity index (χ1v) is 12.7. The van der Waals surface area contributed by atoms with Crippen LogP contribution in [0.5, 0.6) is 0 Å². The van der Waals surface area contributed by atoms with Crippen molar-refractivity contribution in [3.63, 3.8) is 0 Å². The van der Waals surface area contributed by atoms with Gasteiger partial charge < -0.3 is 4.74 Å². The number of para-hydroxylation sites is 1. The fourth-order valence-corrected chi connectivity index (χ4v) is 4.98. The molecule has 3 heterocycles. The van der Waals surface area contributed by atoms with Gasteiger partial charge in [0.25, 0.3) is 5.91 Å². The van der Waals surface area contributed by atoms with Crippen molar-refractivity contribution >= 4 is 11.6 Å². The van der Waals surface area contributed by atoms with E-state index in [2.05, 4.69) is 35.4 Å². The average molecular weight is 492 g/mol.